The zero-order valence-corrected chi connectivity index (χ0v) is 16.3. The van der Waals surface area contributed by atoms with Crippen LogP contribution in [0.25, 0.3) is 0 Å². The van der Waals surface area contributed by atoms with Crippen molar-refractivity contribution in [2.24, 2.45) is 0 Å². The Kier molecular flexibility index (Phi) is 10.1. The number of carbonyl (C=O) groups is 1. The first kappa shape index (κ1) is 22.3. The fourth-order valence-electron chi connectivity index (χ4n) is 2.03. The van der Waals surface area contributed by atoms with Gasteiger partial charge in [-0.25, -0.2) is 0 Å². The van der Waals surface area contributed by atoms with Crippen LogP contribution in [-0.4, -0.2) is 42.7 Å². The highest BCUT2D eigenvalue weighted by Gasteiger charge is 2.08. The van der Waals surface area contributed by atoms with Crippen LogP contribution in [0, 0.1) is 0 Å². The van der Waals surface area contributed by atoms with E-state index in [1.807, 2.05) is 7.05 Å². The molecule has 142 valence electrons. The molecule has 7 heteroatoms. The number of rotatable bonds is 7. The van der Waals surface area contributed by atoms with Crippen LogP contribution in [0.4, 0.5) is 11.4 Å². The molecule has 0 aliphatic rings. The first-order chi connectivity index (χ1) is 12.4. The Morgan fingerprint density at radius 3 is 2.27 bits per heavy atom. The lowest BCUT2D eigenvalue weighted by Gasteiger charge is -2.14. The van der Waals surface area contributed by atoms with Crippen LogP contribution >= 0.6 is 23.2 Å². The molecule has 0 saturated carbocycles. The minimum absolute atomic E-state index is 0.175. The van der Waals surface area contributed by atoms with E-state index in [9.17, 15) is 9.90 Å². The van der Waals surface area contributed by atoms with Gasteiger partial charge < -0.3 is 25.2 Å². The van der Waals surface area contributed by atoms with E-state index in [4.69, 9.17) is 28.3 Å². The Morgan fingerprint density at radius 2 is 1.77 bits per heavy atom. The molecular formula is C19H23Cl2N2O3-. The van der Waals surface area contributed by atoms with E-state index >= 15 is 0 Å². The Hall–Kier alpha value is -1.79. The van der Waals surface area contributed by atoms with Gasteiger partial charge in [-0.1, -0.05) is 54.4 Å². The van der Waals surface area contributed by atoms with Crippen molar-refractivity contribution >= 4 is 40.5 Å². The van der Waals surface area contributed by atoms with E-state index < -0.39 is 5.97 Å². The van der Waals surface area contributed by atoms with E-state index in [-0.39, 0.29) is 13.0 Å². The molecule has 0 saturated heterocycles. The van der Waals surface area contributed by atoms with Gasteiger partial charge >= 0.3 is 0 Å². The van der Waals surface area contributed by atoms with Crippen molar-refractivity contribution in [2.45, 2.75) is 13.3 Å². The summed E-state index contributed by atoms with van der Waals surface area (Å²) >= 11 is 12.1. The summed E-state index contributed by atoms with van der Waals surface area (Å²) in [5.41, 5.74) is 1.80. The number of halogens is 2. The van der Waals surface area contributed by atoms with Gasteiger partial charge in [-0.05, 0) is 37.4 Å². The van der Waals surface area contributed by atoms with Crippen LogP contribution in [-0.2, 0) is 11.2 Å². The molecule has 0 aromatic heterocycles. The second kappa shape index (κ2) is 11.8. The highest BCUT2D eigenvalue weighted by atomic mass is 35.5. The van der Waals surface area contributed by atoms with E-state index in [1.54, 1.807) is 42.5 Å². The van der Waals surface area contributed by atoms with Gasteiger partial charge in [0.2, 0.25) is 0 Å². The molecule has 0 amide bonds. The molecular weight excluding hydrogens is 375 g/mol. The fourth-order valence-corrected chi connectivity index (χ4v) is 2.52. The highest BCUT2D eigenvalue weighted by Crippen LogP contribution is 2.33. The second-order valence-electron chi connectivity index (χ2n) is 5.55. The van der Waals surface area contributed by atoms with Crippen molar-refractivity contribution in [3.05, 3.63) is 58.1 Å². The Balaban J connectivity index is 0.000000412. The maximum Gasteiger partial charge on any atom is 0.0762 e. The number of carboxylic acid groups (broad SMARTS) is 1. The molecule has 26 heavy (non-hydrogen) atoms. The van der Waals surface area contributed by atoms with Gasteiger partial charge in [0.1, 0.15) is 0 Å². The van der Waals surface area contributed by atoms with Crippen molar-refractivity contribution < 1.29 is 15.0 Å². The van der Waals surface area contributed by atoms with Gasteiger partial charge in [-0.3, -0.25) is 0 Å². The average Bonchev–Trinajstić information content (AvgIpc) is 2.60. The largest absolute Gasteiger partial charge is 0.550 e. The minimum atomic E-state index is -1.14. The van der Waals surface area contributed by atoms with E-state index in [2.05, 4.69) is 17.1 Å². The lowest BCUT2D eigenvalue weighted by atomic mass is 10.1. The van der Waals surface area contributed by atoms with Crippen molar-refractivity contribution in [1.29, 1.82) is 0 Å². The van der Waals surface area contributed by atoms with Crippen LogP contribution in [0.3, 0.4) is 0 Å². The SMILES string of the molecule is CCN(C)CCO.O=C([O-])Cc1ccccc1Nc1c(Cl)cccc1Cl. The summed E-state index contributed by atoms with van der Waals surface area (Å²) in [7, 11) is 1.98. The number of likely N-dealkylation sites (N-methyl/N-ethyl adjacent to an activating group) is 1. The number of benzene rings is 2. The molecule has 0 unspecified atom stereocenters. The quantitative estimate of drug-likeness (QED) is 0.750. The van der Waals surface area contributed by atoms with Crippen LogP contribution < -0.4 is 10.4 Å². The smallest absolute Gasteiger partial charge is 0.0762 e. The number of aliphatic carboxylic acids is 1. The molecule has 2 aromatic carbocycles. The number of para-hydroxylation sites is 2. The molecule has 0 aliphatic carbocycles. The summed E-state index contributed by atoms with van der Waals surface area (Å²) in [5.74, 6) is -1.14. The van der Waals surface area contributed by atoms with E-state index in [1.165, 1.54) is 0 Å². The normalized spacial score (nSPS) is 10.2. The molecule has 0 aliphatic heterocycles. The van der Waals surface area contributed by atoms with E-state index in [0.29, 0.717) is 27.0 Å². The van der Waals surface area contributed by atoms with Gasteiger partial charge in [-0.15, -0.1) is 0 Å². The summed E-state index contributed by atoms with van der Waals surface area (Å²) in [4.78, 5) is 12.8. The Bertz CT molecular complexity index is 691. The molecule has 2 rings (SSSR count). The topological polar surface area (TPSA) is 75.6 Å². The molecule has 0 atom stereocenters. The zero-order valence-electron chi connectivity index (χ0n) is 14.8. The van der Waals surface area contributed by atoms with Crippen LogP contribution in [0.2, 0.25) is 10.0 Å². The Morgan fingerprint density at radius 1 is 1.15 bits per heavy atom. The summed E-state index contributed by atoms with van der Waals surface area (Å²) in [5, 5.41) is 23.0. The number of aliphatic hydroxyl groups excluding tert-OH is 1. The molecule has 0 bridgehead atoms. The number of nitrogens with one attached hydrogen (secondary N) is 1. The maximum absolute atomic E-state index is 10.7. The molecule has 0 spiro atoms. The average molecular weight is 398 g/mol. The number of hydrogen-bond acceptors (Lipinski definition) is 5. The number of hydrogen-bond donors (Lipinski definition) is 2. The van der Waals surface area contributed by atoms with Gasteiger partial charge in [0, 0.05) is 24.6 Å². The summed E-state index contributed by atoms with van der Waals surface area (Å²) in [6.45, 7) is 4.14. The fraction of sp³-hybridized carbons (Fsp3) is 0.316. The first-order valence-corrected chi connectivity index (χ1v) is 8.92. The van der Waals surface area contributed by atoms with Crippen molar-refractivity contribution in [1.82, 2.24) is 4.90 Å². The third kappa shape index (κ3) is 7.62. The second-order valence-corrected chi connectivity index (χ2v) is 6.36. The number of aliphatic hydroxyl groups is 1. The molecule has 0 fully saturated rings. The number of nitrogens with zero attached hydrogens (tertiary/aromatic N) is 1. The van der Waals surface area contributed by atoms with Crippen molar-refractivity contribution in [3.8, 4) is 0 Å². The lowest BCUT2D eigenvalue weighted by Crippen LogP contribution is -2.24. The number of anilines is 2. The standard InChI is InChI=1S/C14H11Cl2NO2.C5H13NO/c15-10-5-3-6-11(16)14(10)17-12-7-2-1-4-9(12)8-13(18)19;1-3-6(2)4-5-7/h1-7,17H,8H2,(H,18,19);7H,3-5H2,1-2H3/p-1. The molecule has 2 N–H and O–H groups in total. The molecule has 0 heterocycles. The monoisotopic (exact) mass is 397 g/mol. The predicted molar refractivity (Wildman–Crippen MR) is 105 cm³/mol. The summed E-state index contributed by atoms with van der Waals surface area (Å²) in [6, 6.07) is 12.2. The molecule has 2 aromatic rings. The van der Waals surface area contributed by atoms with Gasteiger partial charge in [0.25, 0.3) is 0 Å². The minimum Gasteiger partial charge on any atom is -0.550 e. The van der Waals surface area contributed by atoms with Crippen molar-refractivity contribution in [3.63, 3.8) is 0 Å². The van der Waals surface area contributed by atoms with Gasteiger partial charge in [0.15, 0.2) is 0 Å². The van der Waals surface area contributed by atoms with Crippen molar-refractivity contribution in [2.75, 3.05) is 32.1 Å². The molecule has 5 nitrogen and oxygen atoms in total. The van der Waals surface area contributed by atoms with Gasteiger partial charge in [0.05, 0.1) is 22.3 Å². The summed E-state index contributed by atoms with van der Waals surface area (Å²) in [6.07, 6.45) is -0.175. The third-order valence-corrected chi connectivity index (χ3v) is 4.23. The van der Waals surface area contributed by atoms with Crippen LogP contribution in [0.15, 0.2) is 42.5 Å². The lowest BCUT2D eigenvalue weighted by molar-refractivity contribution is -0.304. The summed E-state index contributed by atoms with van der Waals surface area (Å²) < 4.78 is 0. The predicted octanol–water partition coefficient (Wildman–Crippen LogP) is 2.96. The van der Waals surface area contributed by atoms with E-state index in [0.717, 1.165) is 13.1 Å². The zero-order chi connectivity index (χ0) is 19.5. The number of carboxylic acids is 1. The van der Waals surface area contributed by atoms with Crippen LogP contribution in [0.1, 0.15) is 12.5 Å². The van der Waals surface area contributed by atoms with Gasteiger partial charge in [-0.2, -0.15) is 0 Å². The maximum atomic E-state index is 10.7. The highest BCUT2D eigenvalue weighted by molar-refractivity contribution is 6.39. The first-order valence-electron chi connectivity index (χ1n) is 8.17. The molecule has 0 radical (unpaired) electrons. The van der Waals surface area contributed by atoms with Crippen LogP contribution in [0.5, 0.6) is 0 Å². The Labute approximate surface area is 164 Å². The third-order valence-electron chi connectivity index (χ3n) is 3.60. The number of carbonyl (C=O) groups excluding carboxylic acids is 1.